The molecule has 5 radical (unpaired) electrons. The first-order valence-electron chi connectivity index (χ1n) is 38.5. The molecule has 0 amide bonds. The number of alkyl halides is 3. The Morgan fingerprint density at radius 3 is 1.03 bits per heavy atom. The molecule has 5 heterocycles. The SMILES string of the molecule is CC(=O)C=C(C)O.CC(=O)C=C(C)O.CC(=O)C=C(C)O.CC(=O)C=C(C)O.CC(=O)C=C(C)O.Cc1cc(-c2[c-]cccc2)nc2ccccc12.Cc1cc[c-]c(-c2ccc3ccccc3n2)c1.Cc1ccc[c-]c1-c1ccc2ccccc2n1.FC(F)(F)c1c[c-]c(-c2ccc3ccccc3n2)cc1.Fc1c[c-]c(-c2ccc3ccccc3n2)c(F)c1.[Ir].[Ir].[Ir].[Ir].[Ir]. The number of ketones is 5. The van der Waals surface area contributed by atoms with E-state index in [1.54, 1.807) is 12.1 Å². The third-order valence-corrected chi connectivity index (χ3v) is 16.4. The molecule has 25 heteroatoms. The standard InChI is InChI=1S/C16H9F3N.3C16H12N.C15H8F2N.5C5H8O2.5Ir/c17-16(18,19)13-8-5-12(6-9-13)15-10-7-11-3-1-2-4-14(11)20-15;1-12-6-2-4-8-14(12)16-11-10-13-7-3-5-9-15(13)17-16;1-12-5-4-7-14(11-12)16-10-9-13-6-2-3-8-15(13)17-16;1-12-11-16(13-7-3-2-4-8-13)17-15-10-6-5-9-14(12)15;16-11-6-7-12(13(17)9-11)15-8-5-10-3-1-2-4-14(10)18-15;5*1-4(6)3-5(2)7;;;;;/h1-5,7-10H;2-7,9-11H,1H3;2-6,8-11H,1H3;2-7,9-11H,1H3;1-6,8-9H;5*3,6H,1-2H3;;;;;/q5*-1;;;;;;;;;;. The number of carbonyl (C=O) groups is 5. The van der Waals surface area contributed by atoms with E-state index in [0.29, 0.717) is 17.0 Å². The number of aliphatic hydroxyl groups is 5. The zero-order valence-corrected chi connectivity index (χ0v) is 84.3. The van der Waals surface area contributed by atoms with Gasteiger partial charge in [-0.2, -0.15) is 13.2 Å². The van der Waals surface area contributed by atoms with E-state index in [9.17, 15) is 45.9 Å². The molecule has 0 aliphatic carbocycles. The van der Waals surface area contributed by atoms with Crippen molar-refractivity contribution in [3.05, 3.63) is 390 Å². The molecule has 10 aromatic carbocycles. The smallest absolute Gasteiger partial charge is 0.381 e. The fourth-order valence-electron chi connectivity index (χ4n) is 11.3. The molecule has 5 aromatic heterocycles. The summed E-state index contributed by atoms with van der Waals surface area (Å²) < 4.78 is 63.9. The summed E-state index contributed by atoms with van der Waals surface area (Å²) in [7, 11) is 0. The second kappa shape index (κ2) is 59.3. The molecule has 679 valence electrons. The van der Waals surface area contributed by atoms with Crippen LogP contribution in [0.1, 0.15) is 91.5 Å². The van der Waals surface area contributed by atoms with Crippen molar-refractivity contribution in [2.75, 3.05) is 0 Å². The number of benzene rings is 10. The first-order valence-corrected chi connectivity index (χ1v) is 38.5. The van der Waals surface area contributed by atoms with E-state index in [2.05, 4.69) is 137 Å². The number of aromatic nitrogens is 5. The van der Waals surface area contributed by atoms with Crippen LogP contribution in [0, 0.1) is 62.7 Å². The van der Waals surface area contributed by atoms with Crippen molar-refractivity contribution in [2.24, 2.45) is 0 Å². The fourth-order valence-corrected chi connectivity index (χ4v) is 11.3. The summed E-state index contributed by atoms with van der Waals surface area (Å²) >= 11 is 0. The maximum Gasteiger partial charge on any atom is 0.381 e. The normalized spacial score (nSPS) is 10.6. The van der Waals surface area contributed by atoms with Crippen molar-refractivity contribution < 1.29 is 172 Å². The number of hydrogen-bond acceptors (Lipinski definition) is 15. The van der Waals surface area contributed by atoms with E-state index >= 15 is 0 Å². The summed E-state index contributed by atoms with van der Waals surface area (Å²) in [5, 5.41) is 47.3. The van der Waals surface area contributed by atoms with Crippen LogP contribution in [0.2, 0.25) is 0 Å². The summed E-state index contributed by atoms with van der Waals surface area (Å²) in [5.74, 6) is -1.61. The number of nitrogens with zero attached hydrogens (tertiary/aromatic N) is 5. The Bertz CT molecular complexity index is 6150. The maximum atomic E-state index is 13.6. The number of allylic oxidation sites excluding steroid dienone is 10. The monoisotopic (exact) mass is 2630 g/mol. The summed E-state index contributed by atoms with van der Waals surface area (Å²) in [6.45, 7) is 20.5. The average molecular weight is 2630 g/mol. The van der Waals surface area contributed by atoms with E-state index < -0.39 is 23.4 Å². The molecule has 15 aromatic rings. The van der Waals surface area contributed by atoms with Crippen LogP contribution in [0.25, 0.3) is 111 Å². The van der Waals surface area contributed by atoms with Gasteiger partial charge in [0, 0.05) is 148 Å². The molecule has 0 atom stereocenters. The quantitative estimate of drug-likeness (QED) is 0.0369. The van der Waals surface area contributed by atoms with Gasteiger partial charge in [0.05, 0.1) is 56.4 Å². The van der Waals surface area contributed by atoms with Crippen LogP contribution >= 0.6 is 0 Å². The molecule has 15 rings (SSSR count). The number of pyridine rings is 5. The molecular formula is C104H93F5Ir5N5O10-5. The van der Waals surface area contributed by atoms with Gasteiger partial charge in [-0.1, -0.05) is 171 Å². The molecule has 0 bridgehead atoms. The van der Waals surface area contributed by atoms with Crippen LogP contribution in [0.4, 0.5) is 22.0 Å². The summed E-state index contributed by atoms with van der Waals surface area (Å²) in [5.41, 5.74) is 15.6. The van der Waals surface area contributed by atoms with Crippen LogP contribution < -0.4 is 0 Å². The Labute approximate surface area is 816 Å². The topological polar surface area (TPSA) is 251 Å². The zero-order chi connectivity index (χ0) is 91.0. The Morgan fingerprint density at radius 2 is 0.667 bits per heavy atom. The number of hydrogen-bond donors (Lipinski definition) is 5. The largest absolute Gasteiger partial charge is 0.512 e. The number of rotatable bonds is 10. The van der Waals surface area contributed by atoms with Gasteiger partial charge >= 0.3 is 6.18 Å². The van der Waals surface area contributed by atoms with Crippen LogP contribution in [0.5, 0.6) is 0 Å². The predicted octanol–water partition coefficient (Wildman–Crippen LogP) is 25.9. The van der Waals surface area contributed by atoms with Gasteiger partial charge in [0.15, 0.2) is 28.9 Å². The van der Waals surface area contributed by atoms with E-state index in [1.165, 1.54) is 139 Å². The second-order valence-electron chi connectivity index (χ2n) is 27.7. The Kier molecular flexibility index (Phi) is 53.0. The van der Waals surface area contributed by atoms with Crippen molar-refractivity contribution in [3.63, 3.8) is 0 Å². The number of aryl methyl sites for hydroxylation is 3. The molecule has 129 heavy (non-hydrogen) atoms. The Balaban J connectivity index is 0.000000733. The maximum absolute atomic E-state index is 13.6. The predicted molar refractivity (Wildman–Crippen MR) is 485 cm³/mol. The van der Waals surface area contributed by atoms with Gasteiger partial charge in [-0.3, -0.25) is 57.7 Å². The zero-order valence-electron chi connectivity index (χ0n) is 72.4. The van der Waals surface area contributed by atoms with Crippen molar-refractivity contribution in [1.29, 1.82) is 0 Å². The summed E-state index contributed by atoms with van der Waals surface area (Å²) in [6.07, 6.45) is 1.49. The van der Waals surface area contributed by atoms with Crippen molar-refractivity contribution in [1.82, 2.24) is 24.9 Å². The first kappa shape index (κ1) is 115. The average Bonchev–Trinajstić information content (AvgIpc) is 0.844. The van der Waals surface area contributed by atoms with Gasteiger partial charge in [0.2, 0.25) is 0 Å². The van der Waals surface area contributed by atoms with Crippen LogP contribution in [-0.2, 0) is 131 Å². The number of halogens is 5. The van der Waals surface area contributed by atoms with Gasteiger partial charge in [0.1, 0.15) is 0 Å². The number of aliphatic hydroxyl groups excluding tert-OH is 5. The molecule has 5 N–H and O–H groups in total. The van der Waals surface area contributed by atoms with Gasteiger partial charge in [-0.25, -0.2) is 0 Å². The minimum Gasteiger partial charge on any atom is -0.512 e. The second-order valence-corrected chi connectivity index (χ2v) is 27.7. The van der Waals surface area contributed by atoms with Gasteiger partial charge < -0.3 is 25.5 Å². The van der Waals surface area contributed by atoms with Crippen LogP contribution in [0.15, 0.2) is 326 Å². The minimum atomic E-state index is -4.34. The molecule has 0 saturated heterocycles. The third-order valence-electron chi connectivity index (χ3n) is 16.4. The molecule has 0 aliphatic rings. The number of para-hydroxylation sites is 5. The third kappa shape index (κ3) is 42.3. The van der Waals surface area contributed by atoms with E-state index in [1.807, 2.05) is 164 Å². The van der Waals surface area contributed by atoms with Gasteiger partial charge in [-0.15, -0.1) is 149 Å². The van der Waals surface area contributed by atoms with Crippen LogP contribution in [-0.4, -0.2) is 79.4 Å². The van der Waals surface area contributed by atoms with Crippen molar-refractivity contribution >= 4 is 83.4 Å². The molecule has 0 unspecified atom stereocenters. The Hall–Kier alpha value is -11.8. The first-order chi connectivity index (χ1) is 58.9. The number of fused-ring (bicyclic) bond motifs is 5. The molecule has 15 nitrogen and oxygen atoms in total. The van der Waals surface area contributed by atoms with Crippen LogP contribution in [0.3, 0.4) is 0 Å². The molecule has 0 saturated carbocycles. The van der Waals surface area contributed by atoms with E-state index in [4.69, 9.17) is 25.5 Å². The van der Waals surface area contributed by atoms with Crippen molar-refractivity contribution in [2.45, 2.75) is 96.2 Å². The van der Waals surface area contributed by atoms with E-state index in [-0.39, 0.29) is 164 Å². The molecule has 0 spiro atoms. The van der Waals surface area contributed by atoms with Crippen molar-refractivity contribution in [3.8, 4) is 56.3 Å². The van der Waals surface area contributed by atoms with Gasteiger partial charge in [-0.05, 0) is 168 Å². The number of carbonyl (C=O) groups excluding carboxylic acids is 5. The minimum absolute atomic E-state index is 0. The molecular weight excluding hydrogens is 2540 g/mol. The van der Waals surface area contributed by atoms with Gasteiger partial charge in [0.25, 0.3) is 0 Å². The summed E-state index contributed by atoms with van der Waals surface area (Å²) in [6, 6.07) is 97.6. The fraction of sp³-hybridized carbons (Fsp3) is 0.135. The molecule has 0 fully saturated rings. The Morgan fingerprint density at radius 1 is 0.310 bits per heavy atom. The summed E-state index contributed by atoms with van der Waals surface area (Å²) in [4.78, 5) is 72.9. The molecule has 0 aliphatic heterocycles. The van der Waals surface area contributed by atoms with E-state index in [0.717, 1.165) is 96.4 Å².